The number of hydrogen-bond donors (Lipinski definition) is 1. The van der Waals surface area contributed by atoms with Gasteiger partial charge in [-0.25, -0.2) is 9.37 Å². The Hall–Kier alpha value is -2.63. The standard InChI is InChI=1S/C13H12FN5/c1-18-13(15)7-11(17-18)9-2-3-12(10(14)6-9)19-5-4-16-8-19/h2-8H,15H2,1H3. The van der Waals surface area contributed by atoms with Crippen LogP contribution >= 0.6 is 0 Å². The zero-order valence-corrected chi connectivity index (χ0v) is 10.3. The topological polar surface area (TPSA) is 61.7 Å². The van der Waals surface area contributed by atoms with Gasteiger partial charge in [-0.1, -0.05) is 6.07 Å². The highest BCUT2D eigenvalue weighted by molar-refractivity contribution is 5.64. The summed E-state index contributed by atoms with van der Waals surface area (Å²) in [5, 5.41) is 4.22. The SMILES string of the molecule is Cn1nc(-c2ccc(-n3ccnc3)c(F)c2)cc1N. The minimum Gasteiger partial charge on any atom is -0.384 e. The summed E-state index contributed by atoms with van der Waals surface area (Å²) in [6.45, 7) is 0. The van der Waals surface area contributed by atoms with Crippen molar-refractivity contribution in [1.29, 1.82) is 0 Å². The van der Waals surface area contributed by atoms with Crippen LogP contribution in [0.4, 0.5) is 10.2 Å². The molecule has 0 unspecified atom stereocenters. The van der Waals surface area contributed by atoms with Crippen molar-refractivity contribution in [3.8, 4) is 16.9 Å². The van der Waals surface area contributed by atoms with E-state index >= 15 is 0 Å². The van der Waals surface area contributed by atoms with E-state index in [1.807, 2.05) is 0 Å². The first-order valence-electron chi connectivity index (χ1n) is 5.73. The number of nitrogens with zero attached hydrogens (tertiary/aromatic N) is 4. The Bertz CT molecular complexity index is 695. The number of rotatable bonds is 2. The maximum Gasteiger partial charge on any atom is 0.147 e. The molecular weight excluding hydrogens is 245 g/mol. The second-order valence-corrected chi connectivity index (χ2v) is 4.21. The van der Waals surface area contributed by atoms with Gasteiger partial charge in [-0.3, -0.25) is 4.68 Å². The lowest BCUT2D eigenvalue weighted by molar-refractivity contribution is 0.618. The van der Waals surface area contributed by atoms with Gasteiger partial charge in [0.25, 0.3) is 0 Å². The number of aromatic nitrogens is 4. The summed E-state index contributed by atoms with van der Waals surface area (Å²) in [4.78, 5) is 3.90. The van der Waals surface area contributed by atoms with E-state index in [0.717, 1.165) is 0 Å². The fourth-order valence-electron chi connectivity index (χ4n) is 1.90. The van der Waals surface area contributed by atoms with E-state index in [1.165, 1.54) is 6.07 Å². The monoisotopic (exact) mass is 257 g/mol. The van der Waals surface area contributed by atoms with Crippen molar-refractivity contribution in [2.24, 2.45) is 7.05 Å². The molecule has 0 amide bonds. The molecule has 96 valence electrons. The number of imidazole rings is 1. The molecule has 0 radical (unpaired) electrons. The molecule has 0 bridgehead atoms. The first kappa shape index (κ1) is 11.5. The van der Waals surface area contributed by atoms with Crippen molar-refractivity contribution in [3.63, 3.8) is 0 Å². The molecule has 0 saturated carbocycles. The summed E-state index contributed by atoms with van der Waals surface area (Å²) < 4.78 is 17.3. The molecule has 2 N–H and O–H groups in total. The predicted octanol–water partition coefficient (Wildman–Crippen LogP) is 1.99. The van der Waals surface area contributed by atoms with Crippen LogP contribution in [0.25, 0.3) is 16.9 Å². The number of nitrogen functional groups attached to an aromatic ring is 1. The van der Waals surface area contributed by atoms with Crippen LogP contribution in [0.5, 0.6) is 0 Å². The van der Waals surface area contributed by atoms with Gasteiger partial charge >= 0.3 is 0 Å². The van der Waals surface area contributed by atoms with Gasteiger partial charge < -0.3 is 10.3 Å². The number of anilines is 1. The zero-order valence-electron chi connectivity index (χ0n) is 10.3. The minimum atomic E-state index is -0.334. The Labute approximate surface area is 109 Å². The Morgan fingerprint density at radius 2 is 2.11 bits per heavy atom. The number of aryl methyl sites for hydroxylation is 1. The van der Waals surface area contributed by atoms with Gasteiger partial charge in [-0.05, 0) is 12.1 Å². The normalized spacial score (nSPS) is 10.8. The fraction of sp³-hybridized carbons (Fsp3) is 0.0769. The second-order valence-electron chi connectivity index (χ2n) is 4.21. The van der Waals surface area contributed by atoms with Crippen LogP contribution in [0.15, 0.2) is 43.0 Å². The minimum absolute atomic E-state index is 0.334. The summed E-state index contributed by atoms with van der Waals surface area (Å²) in [5.41, 5.74) is 7.50. The highest BCUT2D eigenvalue weighted by atomic mass is 19.1. The van der Waals surface area contributed by atoms with E-state index in [-0.39, 0.29) is 5.82 Å². The number of nitrogens with two attached hydrogens (primary N) is 1. The lowest BCUT2D eigenvalue weighted by Gasteiger charge is -2.05. The molecule has 19 heavy (non-hydrogen) atoms. The summed E-state index contributed by atoms with van der Waals surface area (Å²) >= 11 is 0. The summed E-state index contributed by atoms with van der Waals surface area (Å²) in [6.07, 6.45) is 4.85. The molecule has 0 fully saturated rings. The largest absolute Gasteiger partial charge is 0.384 e. The second kappa shape index (κ2) is 4.24. The van der Waals surface area contributed by atoms with Gasteiger partial charge in [0.1, 0.15) is 11.6 Å². The molecular formula is C13H12FN5. The molecule has 0 saturated heterocycles. The summed E-state index contributed by atoms with van der Waals surface area (Å²) in [7, 11) is 1.75. The molecule has 0 aliphatic rings. The van der Waals surface area contributed by atoms with Crippen LogP contribution < -0.4 is 5.73 Å². The first-order valence-corrected chi connectivity index (χ1v) is 5.73. The van der Waals surface area contributed by atoms with Crippen molar-refractivity contribution >= 4 is 5.82 Å². The van der Waals surface area contributed by atoms with E-state index in [0.29, 0.717) is 22.8 Å². The molecule has 3 aromatic rings. The van der Waals surface area contributed by atoms with Gasteiger partial charge in [-0.15, -0.1) is 0 Å². The van der Waals surface area contributed by atoms with E-state index in [4.69, 9.17) is 5.73 Å². The summed E-state index contributed by atoms with van der Waals surface area (Å²) in [6, 6.07) is 6.65. The molecule has 2 heterocycles. The molecule has 0 aliphatic carbocycles. The van der Waals surface area contributed by atoms with E-state index in [1.54, 1.807) is 53.2 Å². The third-order valence-electron chi connectivity index (χ3n) is 2.94. The average molecular weight is 257 g/mol. The molecule has 2 aromatic heterocycles. The van der Waals surface area contributed by atoms with Crippen molar-refractivity contribution in [3.05, 3.63) is 48.8 Å². The fourth-order valence-corrected chi connectivity index (χ4v) is 1.90. The molecule has 1 aromatic carbocycles. The molecule has 5 nitrogen and oxygen atoms in total. The smallest absolute Gasteiger partial charge is 0.147 e. The van der Waals surface area contributed by atoms with Gasteiger partial charge in [-0.2, -0.15) is 5.10 Å². The number of halogens is 1. The van der Waals surface area contributed by atoms with Crippen molar-refractivity contribution < 1.29 is 4.39 Å². The van der Waals surface area contributed by atoms with Gasteiger partial charge in [0.15, 0.2) is 0 Å². The predicted molar refractivity (Wildman–Crippen MR) is 70.1 cm³/mol. The van der Waals surface area contributed by atoms with Crippen LogP contribution in [0.3, 0.4) is 0 Å². The van der Waals surface area contributed by atoms with Gasteiger partial charge in [0.05, 0.1) is 17.7 Å². The Morgan fingerprint density at radius 1 is 1.26 bits per heavy atom. The van der Waals surface area contributed by atoms with E-state index in [2.05, 4.69) is 10.1 Å². The lowest BCUT2D eigenvalue weighted by Crippen LogP contribution is -1.97. The summed E-state index contributed by atoms with van der Waals surface area (Å²) in [5.74, 6) is 0.203. The number of hydrogen-bond acceptors (Lipinski definition) is 3. The molecule has 0 spiro atoms. The quantitative estimate of drug-likeness (QED) is 0.763. The zero-order chi connectivity index (χ0) is 13.4. The maximum absolute atomic E-state index is 14.1. The molecule has 6 heteroatoms. The van der Waals surface area contributed by atoms with Crippen LogP contribution in [-0.4, -0.2) is 19.3 Å². The first-order chi connectivity index (χ1) is 9.15. The lowest BCUT2D eigenvalue weighted by atomic mass is 10.1. The third kappa shape index (κ3) is 1.97. The average Bonchev–Trinajstić information content (AvgIpc) is 3.00. The molecule has 0 atom stereocenters. The van der Waals surface area contributed by atoms with Crippen LogP contribution in [0.2, 0.25) is 0 Å². The highest BCUT2D eigenvalue weighted by Gasteiger charge is 2.09. The van der Waals surface area contributed by atoms with Gasteiger partial charge in [0, 0.05) is 31.1 Å². The maximum atomic E-state index is 14.1. The van der Waals surface area contributed by atoms with Crippen molar-refractivity contribution in [1.82, 2.24) is 19.3 Å². The van der Waals surface area contributed by atoms with Gasteiger partial charge in [0.2, 0.25) is 0 Å². The van der Waals surface area contributed by atoms with E-state index in [9.17, 15) is 4.39 Å². The Kier molecular flexibility index (Phi) is 2.56. The van der Waals surface area contributed by atoms with Crippen LogP contribution in [0.1, 0.15) is 0 Å². The molecule has 3 rings (SSSR count). The Morgan fingerprint density at radius 3 is 2.68 bits per heavy atom. The van der Waals surface area contributed by atoms with Crippen molar-refractivity contribution in [2.75, 3.05) is 5.73 Å². The van der Waals surface area contributed by atoms with Crippen molar-refractivity contribution in [2.45, 2.75) is 0 Å². The van der Waals surface area contributed by atoms with Crippen LogP contribution in [-0.2, 0) is 7.05 Å². The molecule has 0 aliphatic heterocycles. The van der Waals surface area contributed by atoms with Crippen LogP contribution in [0, 0.1) is 5.82 Å². The Balaban J connectivity index is 2.04. The number of benzene rings is 1. The third-order valence-corrected chi connectivity index (χ3v) is 2.94. The van der Waals surface area contributed by atoms with E-state index < -0.39 is 0 Å². The highest BCUT2D eigenvalue weighted by Crippen LogP contribution is 2.23.